The van der Waals surface area contributed by atoms with Crippen molar-refractivity contribution in [3.8, 4) is 5.75 Å². The second-order valence-corrected chi connectivity index (χ2v) is 9.63. The SMILES string of the molecule is COC(=O)c1ccc(OCN2CCCC2(F)C(=O)Cc2ccc(NC(=O)Nc3ccccc3Cl)c(C)c2)cc1. The van der Waals surface area contributed by atoms with Gasteiger partial charge in [0.2, 0.25) is 5.79 Å². The molecule has 0 radical (unpaired) electrons. The molecule has 3 aromatic carbocycles. The van der Waals surface area contributed by atoms with Gasteiger partial charge in [-0.15, -0.1) is 0 Å². The molecule has 204 valence electrons. The van der Waals surface area contributed by atoms with E-state index in [-0.39, 0.29) is 19.6 Å². The quantitative estimate of drug-likeness (QED) is 0.250. The van der Waals surface area contributed by atoms with E-state index < -0.39 is 23.6 Å². The molecule has 0 aromatic heterocycles. The fourth-order valence-electron chi connectivity index (χ4n) is 4.41. The fourth-order valence-corrected chi connectivity index (χ4v) is 4.60. The minimum Gasteiger partial charge on any atom is -0.478 e. The molecule has 2 amide bonds. The van der Waals surface area contributed by atoms with Gasteiger partial charge in [0, 0.05) is 25.1 Å². The number of urea groups is 1. The van der Waals surface area contributed by atoms with Gasteiger partial charge in [0.15, 0.2) is 5.78 Å². The Morgan fingerprint density at radius 3 is 2.44 bits per heavy atom. The summed E-state index contributed by atoms with van der Waals surface area (Å²) in [7, 11) is 1.30. The number of halogens is 2. The summed E-state index contributed by atoms with van der Waals surface area (Å²) in [4.78, 5) is 38.5. The Hall–Kier alpha value is -3.95. The van der Waals surface area contributed by atoms with Crippen LogP contribution in [0.15, 0.2) is 66.7 Å². The number of hydrogen-bond acceptors (Lipinski definition) is 6. The molecule has 1 heterocycles. The molecule has 1 atom stereocenters. The average Bonchev–Trinajstić information content (AvgIpc) is 3.31. The van der Waals surface area contributed by atoms with Crippen LogP contribution >= 0.6 is 11.6 Å². The van der Waals surface area contributed by atoms with Crippen LogP contribution in [0.1, 0.15) is 34.3 Å². The Labute approximate surface area is 231 Å². The standard InChI is InChI=1S/C29H29ClFN3O5/c1-19-16-20(8-13-24(19)32-28(37)33-25-7-4-3-6-23(25)30)17-26(35)29(31)14-5-15-34(29)18-39-22-11-9-21(10-12-22)27(36)38-2/h3-4,6-13,16H,5,14-15,17-18H2,1-2H3,(H2,32,33,37). The first-order chi connectivity index (χ1) is 18.7. The van der Waals surface area contributed by atoms with Crippen LogP contribution in [0, 0.1) is 6.92 Å². The average molecular weight is 554 g/mol. The summed E-state index contributed by atoms with van der Waals surface area (Å²) in [5.74, 6) is -2.72. The Kier molecular flexibility index (Phi) is 8.83. The van der Waals surface area contributed by atoms with Crippen molar-refractivity contribution in [2.24, 2.45) is 0 Å². The minimum absolute atomic E-state index is 0.0807. The lowest BCUT2D eigenvalue weighted by molar-refractivity contribution is -0.144. The number of likely N-dealkylation sites (tertiary alicyclic amines) is 1. The highest BCUT2D eigenvalue weighted by atomic mass is 35.5. The van der Waals surface area contributed by atoms with E-state index in [1.54, 1.807) is 73.7 Å². The van der Waals surface area contributed by atoms with E-state index in [4.69, 9.17) is 16.3 Å². The topological polar surface area (TPSA) is 97.0 Å². The summed E-state index contributed by atoms with van der Waals surface area (Å²) < 4.78 is 26.3. The monoisotopic (exact) mass is 553 g/mol. The maximum absolute atomic E-state index is 15.9. The number of rotatable bonds is 9. The summed E-state index contributed by atoms with van der Waals surface area (Å²) in [6, 6.07) is 17.9. The second kappa shape index (κ2) is 12.3. The minimum atomic E-state index is -2.15. The lowest BCUT2D eigenvalue weighted by Crippen LogP contribution is -2.49. The zero-order valence-electron chi connectivity index (χ0n) is 21.6. The van der Waals surface area contributed by atoms with Gasteiger partial charge in [-0.1, -0.05) is 35.9 Å². The van der Waals surface area contributed by atoms with Crippen LogP contribution in [0.25, 0.3) is 0 Å². The molecule has 8 nitrogen and oxygen atoms in total. The van der Waals surface area contributed by atoms with Gasteiger partial charge in [-0.25, -0.2) is 18.9 Å². The maximum atomic E-state index is 15.9. The predicted molar refractivity (Wildman–Crippen MR) is 147 cm³/mol. The van der Waals surface area contributed by atoms with E-state index in [2.05, 4.69) is 15.4 Å². The van der Waals surface area contributed by atoms with Gasteiger partial charge >= 0.3 is 12.0 Å². The Balaban J connectivity index is 1.35. The van der Waals surface area contributed by atoms with Crippen molar-refractivity contribution in [1.29, 1.82) is 0 Å². The summed E-state index contributed by atoms with van der Waals surface area (Å²) in [6.45, 7) is 2.07. The van der Waals surface area contributed by atoms with Gasteiger partial charge in [0.1, 0.15) is 12.5 Å². The van der Waals surface area contributed by atoms with Gasteiger partial charge in [-0.2, -0.15) is 0 Å². The van der Waals surface area contributed by atoms with E-state index in [0.29, 0.717) is 46.2 Å². The smallest absolute Gasteiger partial charge is 0.337 e. The van der Waals surface area contributed by atoms with E-state index >= 15 is 4.39 Å². The molecule has 10 heteroatoms. The molecular weight excluding hydrogens is 525 g/mol. The molecule has 1 saturated heterocycles. The number of esters is 1. The molecule has 3 aromatic rings. The number of carbonyl (C=O) groups excluding carboxylic acids is 3. The number of amides is 2. The van der Waals surface area contributed by atoms with Crippen molar-refractivity contribution in [2.75, 3.05) is 31.0 Å². The molecule has 39 heavy (non-hydrogen) atoms. The molecular formula is C29H29ClFN3O5. The Morgan fingerprint density at radius 2 is 1.74 bits per heavy atom. The molecule has 0 bridgehead atoms. The van der Waals surface area contributed by atoms with Crippen LogP contribution in [0.3, 0.4) is 0 Å². The highest BCUT2D eigenvalue weighted by Crippen LogP contribution is 2.33. The fraction of sp³-hybridized carbons (Fsp3) is 0.276. The van der Waals surface area contributed by atoms with Crippen molar-refractivity contribution in [1.82, 2.24) is 4.90 Å². The van der Waals surface area contributed by atoms with Gasteiger partial charge < -0.3 is 20.1 Å². The van der Waals surface area contributed by atoms with Gasteiger partial charge in [-0.3, -0.25) is 4.79 Å². The summed E-state index contributed by atoms with van der Waals surface area (Å²) >= 11 is 6.09. The number of ketones is 1. The first kappa shape index (κ1) is 28.1. The van der Waals surface area contributed by atoms with Crippen LogP contribution in [0.4, 0.5) is 20.6 Å². The van der Waals surface area contributed by atoms with Crippen molar-refractivity contribution >= 4 is 40.8 Å². The molecule has 1 fully saturated rings. The third-order valence-corrected chi connectivity index (χ3v) is 6.88. The van der Waals surface area contributed by atoms with Crippen LogP contribution < -0.4 is 15.4 Å². The molecule has 0 saturated carbocycles. The number of aryl methyl sites for hydroxylation is 1. The first-order valence-corrected chi connectivity index (χ1v) is 12.8. The zero-order valence-corrected chi connectivity index (χ0v) is 22.4. The molecule has 0 aliphatic carbocycles. The maximum Gasteiger partial charge on any atom is 0.337 e. The number of benzene rings is 3. The molecule has 2 N–H and O–H groups in total. The Bertz CT molecular complexity index is 1370. The van der Waals surface area contributed by atoms with E-state index in [0.717, 1.165) is 5.56 Å². The van der Waals surface area contributed by atoms with E-state index in [1.807, 2.05) is 0 Å². The van der Waals surface area contributed by atoms with E-state index in [9.17, 15) is 14.4 Å². The Morgan fingerprint density at radius 1 is 1.03 bits per heavy atom. The van der Waals surface area contributed by atoms with Crippen LogP contribution in [-0.4, -0.2) is 48.9 Å². The van der Waals surface area contributed by atoms with Crippen LogP contribution in [-0.2, 0) is 16.0 Å². The largest absolute Gasteiger partial charge is 0.478 e. The number of anilines is 2. The molecule has 1 unspecified atom stereocenters. The molecule has 4 rings (SSSR count). The third kappa shape index (κ3) is 6.74. The van der Waals surface area contributed by atoms with E-state index in [1.165, 1.54) is 12.0 Å². The predicted octanol–water partition coefficient (Wildman–Crippen LogP) is 5.99. The lowest BCUT2D eigenvalue weighted by Gasteiger charge is -2.29. The molecule has 0 spiro atoms. The summed E-state index contributed by atoms with van der Waals surface area (Å²) in [5.41, 5.74) is 2.77. The number of carbonyl (C=O) groups is 3. The van der Waals surface area contributed by atoms with Crippen LogP contribution in [0.5, 0.6) is 5.75 Å². The second-order valence-electron chi connectivity index (χ2n) is 9.22. The number of hydrogen-bond donors (Lipinski definition) is 2. The number of nitrogens with zero attached hydrogens (tertiary/aromatic N) is 1. The van der Waals surface area contributed by atoms with Gasteiger partial charge in [0.25, 0.3) is 0 Å². The van der Waals surface area contributed by atoms with Crippen molar-refractivity contribution in [3.05, 3.63) is 88.4 Å². The highest BCUT2D eigenvalue weighted by Gasteiger charge is 2.47. The number of Topliss-reactive ketones (excluding diaryl/α,β-unsaturated/α-hetero) is 1. The normalized spacial score (nSPS) is 16.9. The van der Waals surface area contributed by atoms with Crippen molar-refractivity contribution in [2.45, 2.75) is 32.0 Å². The third-order valence-electron chi connectivity index (χ3n) is 6.55. The number of nitrogens with one attached hydrogen (secondary N) is 2. The first-order valence-electron chi connectivity index (χ1n) is 12.4. The van der Waals surface area contributed by atoms with Crippen molar-refractivity contribution in [3.63, 3.8) is 0 Å². The molecule has 1 aliphatic rings. The summed E-state index contributed by atoms with van der Waals surface area (Å²) in [6.07, 6.45) is 0.500. The number of para-hydroxylation sites is 1. The van der Waals surface area contributed by atoms with Crippen LogP contribution in [0.2, 0.25) is 5.02 Å². The number of alkyl halides is 1. The molecule has 1 aliphatic heterocycles. The van der Waals surface area contributed by atoms with Gasteiger partial charge in [0.05, 0.1) is 23.4 Å². The number of ether oxygens (including phenoxy) is 2. The lowest BCUT2D eigenvalue weighted by atomic mass is 9.98. The van der Waals surface area contributed by atoms with Gasteiger partial charge in [-0.05, 0) is 66.9 Å². The zero-order chi connectivity index (χ0) is 28.0. The summed E-state index contributed by atoms with van der Waals surface area (Å²) in [5, 5.41) is 5.87. The number of methoxy groups -OCH3 is 1. The highest BCUT2D eigenvalue weighted by molar-refractivity contribution is 6.33. The van der Waals surface area contributed by atoms with Crippen molar-refractivity contribution < 1.29 is 28.2 Å².